The molecule has 0 aliphatic heterocycles. The van der Waals surface area contributed by atoms with E-state index in [0.29, 0.717) is 22.1 Å². The number of rotatable bonds is 2. The van der Waals surface area contributed by atoms with E-state index < -0.39 is 0 Å². The van der Waals surface area contributed by atoms with Gasteiger partial charge in [-0.1, -0.05) is 17.7 Å². The first-order valence-electron chi connectivity index (χ1n) is 5.43. The quantitative estimate of drug-likeness (QED) is 0.712. The molecule has 0 radical (unpaired) electrons. The van der Waals surface area contributed by atoms with Crippen LogP contribution in [0.1, 0.15) is 0 Å². The second kappa shape index (κ2) is 5.95. The van der Waals surface area contributed by atoms with Gasteiger partial charge in [-0.2, -0.15) is 0 Å². The lowest BCUT2D eigenvalue weighted by molar-refractivity contribution is 0.262. The molecule has 2 aromatic carbocycles. The van der Waals surface area contributed by atoms with Crippen molar-refractivity contribution in [3.05, 3.63) is 52.0 Å². The van der Waals surface area contributed by atoms with Crippen molar-refractivity contribution in [1.82, 2.24) is 0 Å². The van der Waals surface area contributed by atoms with Gasteiger partial charge in [-0.3, -0.25) is 0 Å². The molecule has 0 aromatic heterocycles. The lowest BCUT2D eigenvalue weighted by Gasteiger charge is -2.09. The highest BCUT2D eigenvalue weighted by molar-refractivity contribution is 9.10. The van der Waals surface area contributed by atoms with Gasteiger partial charge in [0, 0.05) is 26.6 Å². The number of hydrogen-bond donors (Lipinski definition) is 3. The summed E-state index contributed by atoms with van der Waals surface area (Å²) in [5, 5.41) is 5.92. The molecular weight excluding hydrogens is 330 g/mol. The highest BCUT2D eigenvalue weighted by Crippen LogP contribution is 2.23. The van der Waals surface area contributed by atoms with Crippen LogP contribution >= 0.6 is 27.5 Å². The van der Waals surface area contributed by atoms with Crippen molar-refractivity contribution in [2.45, 2.75) is 0 Å². The van der Waals surface area contributed by atoms with Crippen LogP contribution in [0.3, 0.4) is 0 Å². The topological polar surface area (TPSA) is 67.1 Å². The van der Waals surface area contributed by atoms with Gasteiger partial charge in [-0.25, -0.2) is 4.79 Å². The Labute approximate surface area is 124 Å². The third kappa shape index (κ3) is 3.87. The summed E-state index contributed by atoms with van der Waals surface area (Å²) in [6, 6.07) is 11.7. The summed E-state index contributed by atoms with van der Waals surface area (Å²) in [6.45, 7) is 0. The predicted molar refractivity (Wildman–Crippen MR) is 82.6 cm³/mol. The highest BCUT2D eigenvalue weighted by Gasteiger charge is 2.04. The smallest absolute Gasteiger partial charge is 0.323 e. The molecule has 0 saturated heterocycles. The van der Waals surface area contributed by atoms with Crippen LogP contribution in [0.25, 0.3) is 0 Å². The standard InChI is InChI=1S/C13H11BrClN3O/c14-11-5-4-10(7-12(11)16)18-13(19)17-9-3-1-2-8(15)6-9/h1-7H,16H2,(H2,17,18,19). The van der Waals surface area contributed by atoms with Crippen molar-refractivity contribution < 1.29 is 4.79 Å². The number of nitrogens with two attached hydrogens (primary N) is 1. The van der Waals surface area contributed by atoms with E-state index in [4.69, 9.17) is 17.3 Å². The zero-order valence-electron chi connectivity index (χ0n) is 9.78. The molecule has 0 fully saturated rings. The lowest BCUT2D eigenvalue weighted by atomic mass is 10.3. The summed E-state index contributed by atoms with van der Waals surface area (Å²) < 4.78 is 0.785. The second-order valence-electron chi connectivity index (χ2n) is 3.83. The number of urea groups is 1. The molecule has 0 spiro atoms. The molecule has 98 valence electrons. The van der Waals surface area contributed by atoms with E-state index >= 15 is 0 Å². The molecule has 2 rings (SSSR count). The Hall–Kier alpha value is -1.72. The van der Waals surface area contributed by atoms with Gasteiger partial charge in [0.05, 0.1) is 0 Å². The fourth-order valence-corrected chi connectivity index (χ4v) is 1.92. The maximum Gasteiger partial charge on any atom is 0.323 e. The maximum atomic E-state index is 11.8. The van der Waals surface area contributed by atoms with Crippen LogP contribution in [-0.4, -0.2) is 6.03 Å². The van der Waals surface area contributed by atoms with Crippen LogP contribution in [0.5, 0.6) is 0 Å². The number of amides is 2. The largest absolute Gasteiger partial charge is 0.398 e. The average molecular weight is 341 g/mol. The van der Waals surface area contributed by atoms with Gasteiger partial charge >= 0.3 is 6.03 Å². The molecule has 0 bridgehead atoms. The van der Waals surface area contributed by atoms with E-state index in [-0.39, 0.29) is 6.03 Å². The molecule has 4 N–H and O–H groups in total. The minimum absolute atomic E-state index is 0.357. The van der Waals surface area contributed by atoms with Crippen molar-refractivity contribution in [2.24, 2.45) is 0 Å². The van der Waals surface area contributed by atoms with E-state index in [1.807, 2.05) is 0 Å². The normalized spacial score (nSPS) is 10.0. The third-order valence-corrected chi connectivity index (χ3v) is 3.29. The fourth-order valence-electron chi connectivity index (χ4n) is 1.48. The second-order valence-corrected chi connectivity index (χ2v) is 5.12. The summed E-state index contributed by atoms with van der Waals surface area (Å²) in [5.74, 6) is 0. The Morgan fingerprint density at radius 1 is 1.11 bits per heavy atom. The third-order valence-electron chi connectivity index (χ3n) is 2.34. The van der Waals surface area contributed by atoms with Gasteiger partial charge in [0.25, 0.3) is 0 Å². The van der Waals surface area contributed by atoms with Crippen LogP contribution in [0.2, 0.25) is 5.02 Å². The van der Waals surface area contributed by atoms with E-state index in [1.165, 1.54) is 0 Å². The molecule has 0 atom stereocenters. The monoisotopic (exact) mass is 339 g/mol. The highest BCUT2D eigenvalue weighted by atomic mass is 79.9. The lowest BCUT2D eigenvalue weighted by Crippen LogP contribution is -2.19. The maximum absolute atomic E-state index is 11.8. The number of halogens is 2. The van der Waals surface area contributed by atoms with Crippen LogP contribution in [0.15, 0.2) is 46.9 Å². The van der Waals surface area contributed by atoms with Crippen molar-refractivity contribution >= 4 is 50.6 Å². The van der Waals surface area contributed by atoms with Crippen LogP contribution in [0, 0.1) is 0 Å². The number of anilines is 3. The summed E-state index contributed by atoms with van der Waals surface area (Å²) in [4.78, 5) is 11.8. The number of nitrogens with one attached hydrogen (secondary N) is 2. The Bertz CT molecular complexity index is 619. The van der Waals surface area contributed by atoms with Crippen LogP contribution in [-0.2, 0) is 0 Å². The molecule has 6 heteroatoms. The molecule has 0 unspecified atom stereocenters. The zero-order valence-corrected chi connectivity index (χ0v) is 12.1. The summed E-state index contributed by atoms with van der Waals surface area (Å²) in [7, 11) is 0. The SMILES string of the molecule is Nc1cc(NC(=O)Nc2cccc(Cl)c2)ccc1Br. The fraction of sp³-hybridized carbons (Fsp3) is 0. The Morgan fingerprint density at radius 2 is 1.79 bits per heavy atom. The molecular formula is C13H11BrClN3O. The number of hydrogen-bond acceptors (Lipinski definition) is 2. The Morgan fingerprint density at radius 3 is 2.42 bits per heavy atom. The van der Waals surface area contributed by atoms with Gasteiger partial charge in [0.1, 0.15) is 0 Å². The summed E-state index contributed by atoms with van der Waals surface area (Å²) >= 11 is 9.12. The number of nitrogen functional groups attached to an aromatic ring is 1. The predicted octanol–water partition coefficient (Wildman–Crippen LogP) is 4.33. The zero-order chi connectivity index (χ0) is 13.8. The molecule has 4 nitrogen and oxygen atoms in total. The van der Waals surface area contributed by atoms with Gasteiger partial charge in [-0.05, 0) is 52.3 Å². The molecule has 0 aliphatic rings. The van der Waals surface area contributed by atoms with Gasteiger partial charge in [0.15, 0.2) is 0 Å². The minimum atomic E-state index is -0.357. The van der Waals surface area contributed by atoms with Crippen molar-refractivity contribution in [2.75, 3.05) is 16.4 Å². The number of benzene rings is 2. The van der Waals surface area contributed by atoms with Crippen molar-refractivity contribution in [3.63, 3.8) is 0 Å². The Kier molecular flexibility index (Phi) is 4.29. The average Bonchev–Trinajstić information content (AvgIpc) is 2.34. The van der Waals surface area contributed by atoms with E-state index in [9.17, 15) is 4.79 Å². The Balaban J connectivity index is 2.03. The minimum Gasteiger partial charge on any atom is -0.398 e. The van der Waals surface area contributed by atoms with E-state index in [2.05, 4.69) is 26.6 Å². The summed E-state index contributed by atoms with van der Waals surface area (Å²) in [5.41, 5.74) is 7.52. The van der Waals surface area contributed by atoms with E-state index in [1.54, 1.807) is 42.5 Å². The molecule has 0 saturated carbocycles. The van der Waals surface area contributed by atoms with Crippen molar-refractivity contribution in [1.29, 1.82) is 0 Å². The molecule has 0 aliphatic carbocycles. The molecule has 2 amide bonds. The molecule has 0 heterocycles. The van der Waals surface area contributed by atoms with Gasteiger partial charge < -0.3 is 16.4 Å². The first-order valence-corrected chi connectivity index (χ1v) is 6.60. The first-order chi connectivity index (χ1) is 9.04. The van der Waals surface area contributed by atoms with E-state index in [0.717, 1.165) is 4.47 Å². The van der Waals surface area contributed by atoms with Crippen LogP contribution < -0.4 is 16.4 Å². The van der Waals surface area contributed by atoms with Crippen molar-refractivity contribution in [3.8, 4) is 0 Å². The number of carbonyl (C=O) groups excluding carboxylic acids is 1. The molecule has 2 aromatic rings. The van der Waals surface area contributed by atoms with Gasteiger partial charge in [-0.15, -0.1) is 0 Å². The first kappa shape index (κ1) is 13.7. The number of carbonyl (C=O) groups is 1. The molecule has 19 heavy (non-hydrogen) atoms. The van der Waals surface area contributed by atoms with Gasteiger partial charge in [0.2, 0.25) is 0 Å². The summed E-state index contributed by atoms with van der Waals surface area (Å²) in [6.07, 6.45) is 0. The van der Waals surface area contributed by atoms with Crippen LogP contribution in [0.4, 0.5) is 21.9 Å².